The topological polar surface area (TPSA) is 50.4 Å². The van der Waals surface area contributed by atoms with E-state index in [9.17, 15) is 31.1 Å². The average molecular weight is 372 g/mol. The van der Waals surface area contributed by atoms with E-state index in [1.54, 1.807) is 6.92 Å². The van der Waals surface area contributed by atoms with Gasteiger partial charge >= 0.3 is 18.0 Å². The van der Waals surface area contributed by atoms with Crippen LogP contribution >= 0.6 is 0 Å². The highest BCUT2D eigenvalue weighted by atomic mass is 19.4. The van der Waals surface area contributed by atoms with Gasteiger partial charge in [0.1, 0.15) is 5.75 Å². The minimum atomic E-state index is -5.83. The number of unbranched alkanes of at least 4 members (excludes halogenated alkanes) is 1. The van der Waals surface area contributed by atoms with Gasteiger partial charge in [0.25, 0.3) is 0 Å². The van der Waals surface area contributed by atoms with Crippen LogP contribution in [0.2, 0.25) is 0 Å². The number of alkyl halides is 6. The van der Waals surface area contributed by atoms with Gasteiger partial charge in [0.15, 0.2) is 0 Å². The van der Waals surface area contributed by atoms with Crippen LogP contribution in [0.5, 0.6) is 5.75 Å². The first-order chi connectivity index (χ1) is 11.5. The summed E-state index contributed by atoms with van der Waals surface area (Å²) >= 11 is 0. The molecule has 0 saturated carbocycles. The molecule has 142 valence electrons. The predicted octanol–water partition coefficient (Wildman–Crippen LogP) is 4.23. The third-order valence-electron chi connectivity index (χ3n) is 3.36. The normalized spacial score (nSPS) is 12.6. The number of hydrogen-bond acceptors (Lipinski definition) is 3. The zero-order valence-electron chi connectivity index (χ0n) is 13.5. The fraction of sp³-hybridized carbons (Fsp3) is 0.533. The van der Waals surface area contributed by atoms with E-state index in [1.165, 1.54) is 24.6 Å². The molecule has 4 nitrogen and oxygen atoms in total. The van der Waals surface area contributed by atoms with Crippen LogP contribution in [0.3, 0.4) is 0 Å². The third-order valence-corrected chi connectivity index (χ3v) is 3.36. The Balaban J connectivity index is 3.26. The van der Waals surface area contributed by atoms with Gasteiger partial charge < -0.3 is 15.4 Å². The fourth-order valence-electron chi connectivity index (χ4n) is 1.98. The maximum atomic E-state index is 13.4. The summed E-state index contributed by atoms with van der Waals surface area (Å²) in [6, 6.07) is 4.37. The number of benzene rings is 1. The zero-order chi connectivity index (χ0) is 19.3. The zero-order valence-corrected chi connectivity index (χ0v) is 13.5. The van der Waals surface area contributed by atoms with Crippen molar-refractivity contribution < 1.29 is 35.9 Å². The first kappa shape index (κ1) is 20.9. The lowest BCUT2D eigenvalue weighted by Crippen LogP contribution is -2.72. The number of carbonyl (C=O) groups is 1. The maximum Gasteiger partial charge on any atom is 0.439 e. The number of rotatable bonds is 7. The third kappa shape index (κ3) is 4.93. The Morgan fingerprint density at radius 3 is 1.96 bits per heavy atom. The van der Waals surface area contributed by atoms with Crippen LogP contribution in [0, 0.1) is 0 Å². The Labute approximate surface area is 140 Å². The van der Waals surface area contributed by atoms with Crippen molar-refractivity contribution in [2.24, 2.45) is 0 Å². The lowest BCUT2D eigenvalue weighted by atomic mass is 10.1. The van der Waals surface area contributed by atoms with E-state index in [0.29, 0.717) is 6.42 Å². The van der Waals surface area contributed by atoms with Gasteiger partial charge in [-0.15, -0.1) is 0 Å². The minimum Gasteiger partial charge on any atom is -0.497 e. The smallest absolute Gasteiger partial charge is 0.439 e. The number of amides is 1. The molecule has 0 spiro atoms. The molecule has 0 saturated heterocycles. The van der Waals surface area contributed by atoms with Crippen molar-refractivity contribution in [1.29, 1.82) is 0 Å². The molecule has 0 aliphatic rings. The maximum absolute atomic E-state index is 13.4. The molecule has 0 bridgehead atoms. The van der Waals surface area contributed by atoms with Crippen LogP contribution < -0.4 is 15.4 Å². The van der Waals surface area contributed by atoms with Crippen molar-refractivity contribution >= 4 is 11.6 Å². The van der Waals surface area contributed by atoms with Crippen LogP contribution in [-0.2, 0) is 4.79 Å². The minimum absolute atomic E-state index is 0.167. The van der Waals surface area contributed by atoms with Crippen LogP contribution in [0.4, 0.5) is 32.0 Å². The summed E-state index contributed by atoms with van der Waals surface area (Å²) < 4.78 is 85.0. The molecule has 1 aromatic carbocycles. The van der Waals surface area contributed by atoms with Crippen molar-refractivity contribution in [3.8, 4) is 5.75 Å². The summed E-state index contributed by atoms with van der Waals surface area (Å²) in [5, 5.41) is 2.48. The molecule has 1 aromatic rings. The van der Waals surface area contributed by atoms with Gasteiger partial charge in [0, 0.05) is 12.1 Å². The van der Waals surface area contributed by atoms with Gasteiger partial charge in [0.05, 0.1) is 7.11 Å². The molecular formula is C15H18F6N2O2. The summed E-state index contributed by atoms with van der Waals surface area (Å²) in [5.41, 5.74) is -5.08. The van der Waals surface area contributed by atoms with Crippen LogP contribution in [0.1, 0.15) is 26.2 Å². The SMILES string of the molecule is CCCCC(=O)NC(Nc1ccc(OC)cc1)(C(F)(F)F)C(F)(F)F. The predicted molar refractivity (Wildman–Crippen MR) is 79.1 cm³/mol. The summed E-state index contributed by atoms with van der Waals surface area (Å²) in [7, 11) is 1.30. The lowest BCUT2D eigenvalue weighted by molar-refractivity contribution is -0.295. The highest BCUT2D eigenvalue weighted by Gasteiger charge is 2.72. The Hall–Kier alpha value is -2.13. The first-order valence-corrected chi connectivity index (χ1v) is 7.33. The average Bonchev–Trinajstić information content (AvgIpc) is 2.50. The molecule has 1 amide bonds. The summed E-state index contributed by atoms with van der Waals surface area (Å²) in [4.78, 5) is 11.6. The van der Waals surface area contributed by atoms with Crippen LogP contribution in [-0.4, -0.2) is 31.0 Å². The van der Waals surface area contributed by atoms with E-state index >= 15 is 0 Å². The van der Waals surface area contributed by atoms with E-state index in [2.05, 4.69) is 0 Å². The number of nitrogens with one attached hydrogen (secondary N) is 2. The molecule has 2 N–H and O–H groups in total. The number of hydrogen-bond donors (Lipinski definition) is 2. The highest BCUT2D eigenvalue weighted by Crippen LogP contribution is 2.43. The van der Waals surface area contributed by atoms with Crippen molar-refractivity contribution in [2.45, 2.75) is 44.2 Å². The molecule has 10 heteroatoms. The van der Waals surface area contributed by atoms with Crippen molar-refractivity contribution in [2.75, 3.05) is 12.4 Å². The molecule has 0 unspecified atom stereocenters. The van der Waals surface area contributed by atoms with E-state index in [4.69, 9.17) is 4.74 Å². The van der Waals surface area contributed by atoms with Crippen molar-refractivity contribution in [3.63, 3.8) is 0 Å². The number of halogens is 6. The van der Waals surface area contributed by atoms with Gasteiger partial charge in [-0.3, -0.25) is 4.79 Å². The van der Waals surface area contributed by atoms with E-state index < -0.39 is 36.0 Å². The number of ether oxygens (including phenoxy) is 1. The molecule has 0 aromatic heterocycles. The second-order valence-electron chi connectivity index (χ2n) is 5.25. The number of methoxy groups -OCH3 is 1. The fourth-order valence-corrected chi connectivity index (χ4v) is 1.98. The standard InChI is InChI=1S/C15H18F6N2O2/c1-3-4-5-12(24)23-13(14(16,17)18,15(19,20)21)22-10-6-8-11(25-2)9-7-10/h6-9,22H,3-5H2,1-2H3,(H,23,24). The van der Waals surface area contributed by atoms with Gasteiger partial charge in [-0.2, -0.15) is 26.3 Å². The Bertz CT molecular complexity index is 555. The molecule has 0 fully saturated rings. The number of anilines is 1. The molecule has 1 rings (SSSR count). The van der Waals surface area contributed by atoms with E-state index in [-0.39, 0.29) is 12.2 Å². The second kappa shape index (κ2) is 7.83. The Morgan fingerprint density at radius 1 is 1.04 bits per heavy atom. The van der Waals surface area contributed by atoms with Gasteiger partial charge in [-0.05, 0) is 30.7 Å². The molecule has 25 heavy (non-hydrogen) atoms. The van der Waals surface area contributed by atoms with E-state index in [0.717, 1.165) is 17.4 Å². The first-order valence-electron chi connectivity index (χ1n) is 7.33. The van der Waals surface area contributed by atoms with Gasteiger partial charge in [-0.25, -0.2) is 0 Å². The summed E-state index contributed by atoms with van der Waals surface area (Å²) in [5.74, 6) is -1.10. The monoisotopic (exact) mass is 372 g/mol. The molecule has 0 radical (unpaired) electrons. The Morgan fingerprint density at radius 2 is 1.56 bits per heavy atom. The molecule has 0 aliphatic heterocycles. The quantitative estimate of drug-likeness (QED) is 0.556. The largest absolute Gasteiger partial charge is 0.497 e. The number of carbonyl (C=O) groups excluding carboxylic acids is 1. The van der Waals surface area contributed by atoms with Crippen LogP contribution in [0.15, 0.2) is 24.3 Å². The van der Waals surface area contributed by atoms with Gasteiger partial charge in [-0.1, -0.05) is 13.3 Å². The highest BCUT2D eigenvalue weighted by molar-refractivity contribution is 5.77. The Kier molecular flexibility index (Phi) is 6.55. The second-order valence-corrected chi connectivity index (χ2v) is 5.25. The summed E-state index contributed by atoms with van der Waals surface area (Å²) in [6.45, 7) is 1.66. The lowest BCUT2D eigenvalue weighted by Gasteiger charge is -2.39. The molecule has 0 heterocycles. The molecule has 0 atom stereocenters. The summed E-state index contributed by atoms with van der Waals surface area (Å²) in [6.07, 6.45) is -11.5. The van der Waals surface area contributed by atoms with E-state index in [1.807, 2.05) is 0 Å². The van der Waals surface area contributed by atoms with Crippen molar-refractivity contribution in [3.05, 3.63) is 24.3 Å². The van der Waals surface area contributed by atoms with Crippen molar-refractivity contribution in [1.82, 2.24) is 5.32 Å². The molecular weight excluding hydrogens is 354 g/mol. The van der Waals surface area contributed by atoms with Gasteiger partial charge in [0.2, 0.25) is 5.91 Å². The molecule has 0 aliphatic carbocycles. The van der Waals surface area contributed by atoms with Crippen LogP contribution in [0.25, 0.3) is 0 Å².